The normalized spacial score (nSPS) is 15.6. The van der Waals surface area contributed by atoms with Gasteiger partial charge in [0.05, 0.1) is 11.7 Å². The summed E-state index contributed by atoms with van der Waals surface area (Å²) < 4.78 is 1.79. The average Bonchev–Trinajstić information content (AvgIpc) is 3.41. The van der Waals surface area contributed by atoms with Gasteiger partial charge in [-0.25, -0.2) is 4.68 Å². The lowest BCUT2D eigenvalue weighted by Gasteiger charge is -2.26. The van der Waals surface area contributed by atoms with E-state index < -0.39 is 0 Å². The highest BCUT2D eigenvalue weighted by Gasteiger charge is 2.28. The number of likely N-dealkylation sites (tertiary alicyclic amines) is 1. The van der Waals surface area contributed by atoms with Gasteiger partial charge in [0.1, 0.15) is 0 Å². The highest BCUT2D eigenvalue weighted by Crippen LogP contribution is 2.19. The molecule has 138 valence electrons. The van der Waals surface area contributed by atoms with Crippen LogP contribution < -0.4 is 5.32 Å². The van der Waals surface area contributed by atoms with Crippen LogP contribution in [0.15, 0.2) is 73.1 Å². The van der Waals surface area contributed by atoms with Gasteiger partial charge in [0, 0.05) is 18.1 Å². The molecule has 1 unspecified atom stereocenters. The Morgan fingerprint density at radius 3 is 2.59 bits per heavy atom. The van der Waals surface area contributed by atoms with E-state index in [0.717, 1.165) is 43.7 Å². The van der Waals surface area contributed by atoms with Gasteiger partial charge in [-0.05, 0) is 62.2 Å². The summed E-state index contributed by atoms with van der Waals surface area (Å²) in [6, 6.07) is 19.8. The number of rotatable bonds is 6. The van der Waals surface area contributed by atoms with Crippen LogP contribution in [0.2, 0.25) is 0 Å². The molecule has 1 saturated heterocycles. The third kappa shape index (κ3) is 4.26. The Morgan fingerprint density at radius 1 is 1.04 bits per heavy atom. The van der Waals surface area contributed by atoms with Crippen molar-refractivity contribution in [2.75, 3.05) is 18.4 Å². The molecule has 0 radical (unpaired) electrons. The molecule has 5 heteroatoms. The molecule has 0 aliphatic carbocycles. The second kappa shape index (κ2) is 8.18. The molecule has 1 amide bonds. The number of nitrogens with one attached hydrogen (secondary N) is 1. The molecule has 1 aliphatic heterocycles. The van der Waals surface area contributed by atoms with Crippen LogP contribution in [0, 0.1) is 0 Å². The van der Waals surface area contributed by atoms with Gasteiger partial charge in [0.25, 0.3) is 0 Å². The van der Waals surface area contributed by atoms with E-state index >= 15 is 0 Å². The zero-order valence-electron chi connectivity index (χ0n) is 15.3. The van der Waals surface area contributed by atoms with E-state index in [4.69, 9.17) is 0 Å². The molecule has 3 aromatic rings. The predicted octanol–water partition coefficient (Wildman–Crippen LogP) is 3.52. The summed E-state index contributed by atoms with van der Waals surface area (Å²) in [5.41, 5.74) is 2.92. The summed E-state index contributed by atoms with van der Waals surface area (Å²) in [4.78, 5) is 15.4. The zero-order chi connectivity index (χ0) is 18.5. The SMILES string of the molecule is O=C(Nc1cccc(-n2cccn2)c1)C(Cc1ccccc1)N1CCCC1. The molecule has 5 nitrogen and oxygen atoms in total. The van der Waals surface area contributed by atoms with E-state index in [1.54, 1.807) is 10.9 Å². The first-order valence-corrected chi connectivity index (χ1v) is 9.48. The van der Waals surface area contributed by atoms with Crippen LogP contribution >= 0.6 is 0 Å². The molecule has 2 aromatic carbocycles. The fraction of sp³-hybridized carbons (Fsp3) is 0.273. The molecular formula is C22H24N4O. The standard InChI is InChI=1S/C22H24N4O/c27-22(24-19-10-6-11-20(17-19)26-15-7-12-23-26)21(25-13-4-5-14-25)16-18-8-2-1-3-9-18/h1-3,6-12,15,17,21H,4-5,13-14,16H2,(H,24,27). The number of benzene rings is 2. The van der Waals surface area contributed by atoms with Crippen molar-refractivity contribution in [3.8, 4) is 5.69 Å². The summed E-state index contributed by atoms with van der Waals surface area (Å²) in [7, 11) is 0. The van der Waals surface area contributed by atoms with E-state index in [1.165, 1.54) is 5.56 Å². The first-order chi connectivity index (χ1) is 13.3. The number of hydrogen-bond donors (Lipinski definition) is 1. The highest BCUT2D eigenvalue weighted by molar-refractivity contribution is 5.95. The molecule has 1 atom stereocenters. The van der Waals surface area contributed by atoms with E-state index in [1.807, 2.05) is 54.7 Å². The second-order valence-corrected chi connectivity index (χ2v) is 6.94. The fourth-order valence-corrected chi connectivity index (χ4v) is 3.65. The van der Waals surface area contributed by atoms with Gasteiger partial charge in [-0.3, -0.25) is 9.69 Å². The van der Waals surface area contributed by atoms with Crippen LogP contribution in [-0.2, 0) is 11.2 Å². The maximum Gasteiger partial charge on any atom is 0.242 e. The Hall–Kier alpha value is -2.92. The lowest BCUT2D eigenvalue weighted by molar-refractivity contribution is -0.120. The molecule has 1 fully saturated rings. The van der Waals surface area contributed by atoms with Crippen molar-refractivity contribution < 1.29 is 4.79 Å². The van der Waals surface area contributed by atoms with Crippen LogP contribution in [0.4, 0.5) is 5.69 Å². The van der Waals surface area contributed by atoms with Crippen molar-refractivity contribution in [1.82, 2.24) is 14.7 Å². The van der Waals surface area contributed by atoms with Crippen LogP contribution in [0.3, 0.4) is 0 Å². The number of carbonyl (C=O) groups is 1. The van der Waals surface area contributed by atoms with Crippen LogP contribution in [0.25, 0.3) is 5.69 Å². The van der Waals surface area contributed by atoms with Gasteiger partial charge in [-0.15, -0.1) is 0 Å². The van der Waals surface area contributed by atoms with Gasteiger partial charge in [-0.2, -0.15) is 5.10 Å². The first-order valence-electron chi connectivity index (χ1n) is 9.48. The summed E-state index contributed by atoms with van der Waals surface area (Å²) in [5, 5.41) is 7.38. The minimum atomic E-state index is -0.150. The van der Waals surface area contributed by atoms with Crippen molar-refractivity contribution in [2.45, 2.75) is 25.3 Å². The Morgan fingerprint density at radius 2 is 1.85 bits per heavy atom. The number of anilines is 1. The maximum absolute atomic E-state index is 13.1. The fourth-order valence-electron chi connectivity index (χ4n) is 3.65. The molecule has 1 aromatic heterocycles. The summed E-state index contributed by atoms with van der Waals surface area (Å²) in [6.45, 7) is 1.97. The van der Waals surface area contributed by atoms with E-state index in [-0.39, 0.29) is 11.9 Å². The topological polar surface area (TPSA) is 50.2 Å². The van der Waals surface area contributed by atoms with Gasteiger partial charge in [0.2, 0.25) is 5.91 Å². The summed E-state index contributed by atoms with van der Waals surface area (Å²) in [6.07, 6.45) is 6.68. The van der Waals surface area contributed by atoms with Gasteiger partial charge in [-0.1, -0.05) is 36.4 Å². The highest BCUT2D eigenvalue weighted by atomic mass is 16.2. The van der Waals surface area contributed by atoms with Crippen LogP contribution in [0.1, 0.15) is 18.4 Å². The number of amides is 1. The van der Waals surface area contributed by atoms with E-state index in [0.29, 0.717) is 0 Å². The Bertz CT molecular complexity index is 870. The average molecular weight is 360 g/mol. The summed E-state index contributed by atoms with van der Waals surface area (Å²) >= 11 is 0. The Balaban J connectivity index is 1.52. The van der Waals surface area contributed by atoms with Gasteiger partial charge >= 0.3 is 0 Å². The molecule has 1 aliphatic rings. The van der Waals surface area contributed by atoms with E-state index in [2.05, 4.69) is 27.4 Å². The van der Waals surface area contributed by atoms with Gasteiger partial charge in [0.15, 0.2) is 0 Å². The Labute approximate surface area is 159 Å². The molecule has 2 heterocycles. The maximum atomic E-state index is 13.1. The third-order valence-electron chi connectivity index (χ3n) is 5.04. The van der Waals surface area contributed by atoms with Crippen LogP contribution in [0.5, 0.6) is 0 Å². The molecule has 0 saturated carbocycles. The molecule has 0 spiro atoms. The zero-order valence-corrected chi connectivity index (χ0v) is 15.3. The van der Waals surface area contributed by atoms with E-state index in [9.17, 15) is 4.79 Å². The first kappa shape index (κ1) is 17.5. The van der Waals surface area contributed by atoms with Crippen molar-refractivity contribution in [3.05, 3.63) is 78.6 Å². The third-order valence-corrected chi connectivity index (χ3v) is 5.04. The molecular weight excluding hydrogens is 336 g/mol. The largest absolute Gasteiger partial charge is 0.325 e. The molecule has 0 bridgehead atoms. The number of hydrogen-bond acceptors (Lipinski definition) is 3. The lowest BCUT2D eigenvalue weighted by Crippen LogP contribution is -2.44. The summed E-state index contributed by atoms with van der Waals surface area (Å²) in [5.74, 6) is 0.0540. The van der Waals surface area contributed by atoms with Crippen LogP contribution in [-0.4, -0.2) is 39.7 Å². The number of aromatic nitrogens is 2. The van der Waals surface area contributed by atoms with Crippen molar-refractivity contribution >= 4 is 11.6 Å². The number of nitrogens with zero attached hydrogens (tertiary/aromatic N) is 3. The van der Waals surface area contributed by atoms with Crippen molar-refractivity contribution in [1.29, 1.82) is 0 Å². The smallest absolute Gasteiger partial charge is 0.242 e. The Kier molecular flexibility index (Phi) is 5.30. The van der Waals surface area contributed by atoms with Crippen molar-refractivity contribution in [2.24, 2.45) is 0 Å². The number of carbonyl (C=O) groups excluding carboxylic acids is 1. The minimum Gasteiger partial charge on any atom is -0.325 e. The minimum absolute atomic E-state index is 0.0540. The molecule has 4 rings (SSSR count). The monoisotopic (exact) mass is 360 g/mol. The molecule has 27 heavy (non-hydrogen) atoms. The lowest BCUT2D eigenvalue weighted by atomic mass is 10.0. The molecule has 1 N–H and O–H groups in total. The quantitative estimate of drug-likeness (QED) is 0.732. The van der Waals surface area contributed by atoms with Crippen molar-refractivity contribution in [3.63, 3.8) is 0 Å². The van der Waals surface area contributed by atoms with Gasteiger partial charge < -0.3 is 5.32 Å². The second-order valence-electron chi connectivity index (χ2n) is 6.94. The predicted molar refractivity (Wildman–Crippen MR) is 107 cm³/mol.